The Morgan fingerprint density at radius 2 is 2.25 bits per heavy atom. The first kappa shape index (κ1) is 7.83. The molecule has 8 heavy (non-hydrogen) atoms. The minimum absolute atomic E-state index is 0.209. The van der Waals surface area contributed by atoms with Crippen molar-refractivity contribution in [2.24, 2.45) is 0 Å². The van der Waals surface area contributed by atoms with Crippen LogP contribution >= 0.6 is 0 Å². The molecule has 0 aliphatic heterocycles. The van der Waals surface area contributed by atoms with Gasteiger partial charge in [0, 0.05) is 7.11 Å². The van der Waals surface area contributed by atoms with E-state index >= 15 is 0 Å². The Labute approximate surface area is 47.5 Å². The van der Waals surface area contributed by atoms with Crippen molar-refractivity contribution in [1.82, 2.24) is 4.72 Å². The second-order valence-electron chi connectivity index (χ2n) is 1.05. The molecule has 0 radical (unpaired) electrons. The first-order valence-corrected chi connectivity index (χ1v) is 3.21. The summed E-state index contributed by atoms with van der Waals surface area (Å²) in [6.45, 7) is -0.209. The Kier molecular flexibility index (Phi) is 2.91. The van der Waals surface area contributed by atoms with Crippen LogP contribution in [0, 0.1) is 0 Å². The van der Waals surface area contributed by atoms with Gasteiger partial charge in [-0.05, 0) is 0 Å². The van der Waals surface area contributed by atoms with Crippen LogP contribution in [-0.4, -0.2) is 26.8 Å². The van der Waals surface area contributed by atoms with Gasteiger partial charge in [0.15, 0.2) is 0 Å². The maximum atomic E-state index is 9.75. The Morgan fingerprint density at radius 1 is 1.75 bits per heavy atom. The van der Waals surface area contributed by atoms with Crippen molar-refractivity contribution in [2.45, 2.75) is 0 Å². The van der Waals surface area contributed by atoms with Crippen LogP contribution in [0.3, 0.4) is 0 Å². The molecule has 0 amide bonds. The van der Waals surface area contributed by atoms with Crippen LogP contribution in [0.4, 0.5) is 0 Å². The molecule has 0 aromatic rings. The van der Waals surface area contributed by atoms with Gasteiger partial charge < -0.3 is 4.74 Å². The zero-order valence-corrected chi connectivity index (χ0v) is 5.10. The van der Waals surface area contributed by atoms with Crippen molar-refractivity contribution < 1.29 is 17.7 Å². The van der Waals surface area contributed by atoms with Crippen molar-refractivity contribution in [2.75, 3.05) is 13.8 Å². The lowest BCUT2D eigenvalue weighted by molar-refractivity contribution is 0.191. The highest BCUT2D eigenvalue weighted by Crippen LogP contribution is 1.69. The van der Waals surface area contributed by atoms with E-state index in [9.17, 15) is 8.42 Å². The summed E-state index contributed by atoms with van der Waals surface area (Å²) < 4.78 is 33.4. The fourth-order valence-electron chi connectivity index (χ4n) is 0.133. The summed E-state index contributed by atoms with van der Waals surface area (Å²) in [7, 11) is -2.76. The molecule has 0 rings (SSSR count). The van der Waals surface area contributed by atoms with Crippen LogP contribution in [0.2, 0.25) is 0 Å². The molecule has 0 fully saturated rings. The van der Waals surface area contributed by atoms with Gasteiger partial charge in [-0.3, -0.25) is 4.55 Å². The quantitative estimate of drug-likeness (QED) is 0.389. The summed E-state index contributed by atoms with van der Waals surface area (Å²) in [5.41, 5.74) is 0. The first-order valence-electron chi connectivity index (χ1n) is 1.77. The predicted molar refractivity (Wildman–Crippen MR) is 26.6 cm³/mol. The van der Waals surface area contributed by atoms with Gasteiger partial charge in [0.05, 0.1) is 0 Å². The highest BCUT2D eigenvalue weighted by Gasteiger charge is 1.97. The van der Waals surface area contributed by atoms with E-state index in [4.69, 9.17) is 4.55 Å². The molecule has 0 saturated heterocycles. The van der Waals surface area contributed by atoms with Gasteiger partial charge in [-0.2, -0.15) is 13.1 Å². The third kappa shape index (κ3) is 5.83. The summed E-state index contributed by atoms with van der Waals surface area (Å²) >= 11 is 0. The standard InChI is InChI=1S/C2H7NO4S/c1-7-2-3-8(4,5)6/h3H,2H2,1H3,(H,4,5,6). The molecule has 0 bridgehead atoms. The predicted octanol–water partition coefficient (Wildman–Crippen LogP) is -1.02. The number of ether oxygens (including phenoxy) is 1. The van der Waals surface area contributed by atoms with Gasteiger partial charge in [0.25, 0.3) is 0 Å². The Morgan fingerprint density at radius 3 is 2.38 bits per heavy atom. The van der Waals surface area contributed by atoms with Crippen molar-refractivity contribution >= 4 is 10.3 Å². The smallest absolute Gasteiger partial charge is 0.335 e. The van der Waals surface area contributed by atoms with Crippen LogP contribution in [0.15, 0.2) is 0 Å². The normalized spacial score (nSPS) is 11.8. The summed E-state index contributed by atoms with van der Waals surface area (Å²) in [4.78, 5) is 0. The SMILES string of the molecule is COCNS(=O)(=O)O. The van der Waals surface area contributed by atoms with E-state index < -0.39 is 10.3 Å². The van der Waals surface area contributed by atoms with E-state index in [2.05, 4.69) is 4.74 Å². The van der Waals surface area contributed by atoms with Gasteiger partial charge in [-0.25, -0.2) is 0 Å². The van der Waals surface area contributed by atoms with Gasteiger partial charge in [0.2, 0.25) is 0 Å². The van der Waals surface area contributed by atoms with Gasteiger partial charge in [0.1, 0.15) is 6.73 Å². The van der Waals surface area contributed by atoms with E-state index in [1.807, 2.05) is 0 Å². The minimum Gasteiger partial charge on any atom is -0.368 e. The van der Waals surface area contributed by atoms with Crippen molar-refractivity contribution in [3.8, 4) is 0 Å². The van der Waals surface area contributed by atoms with Crippen molar-refractivity contribution in [3.05, 3.63) is 0 Å². The number of rotatable bonds is 3. The van der Waals surface area contributed by atoms with Crippen LogP contribution < -0.4 is 4.72 Å². The molecule has 0 saturated carbocycles. The molecule has 0 unspecified atom stereocenters. The second kappa shape index (κ2) is 2.98. The molecule has 0 aromatic heterocycles. The summed E-state index contributed by atoms with van der Waals surface area (Å²) in [5, 5.41) is 0. The van der Waals surface area contributed by atoms with Gasteiger partial charge in [-0.15, -0.1) is 0 Å². The molecule has 0 aliphatic rings. The van der Waals surface area contributed by atoms with E-state index in [-0.39, 0.29) is 6.73 Å². The molecule has 5 nitrogen and oxygen atoms in total. The topological polar surface area (TPSA) is 75.6 Å². The highest BCUT2D eigenvalue weighted by molar-refractivity contribution is 7.83. The van der Waals surface area contributed by atoms with E-state index in [0.29, 0.717) is 0 Å². The zero-order valence-electron chi connectivity index (χ0n) is 4.29. The van der Waals surface area contributed by atoms with E-state index in [1.54, 1.807) is 4.72 Å². The first-order chi connectivity index (χ1) is 3.56. The average molecular weight is 141 g/mol. The van der Waals surface area contributed by atoms with Crippen LogP contribution in [0.5, 0.6) is 0 Å². The minimum atomic E-state index is -4.06. The Hall–Kier alpha value is -0.170. The monoisotopic (exact) mass is 141 g/mol. The molecule has 2 N–H and O–H groups in total. The van der Waals surface area contributed by atoms with Gasteiger partial charge >= 0.3 is 10.3 Å². The molecule has 50 valence electrons. The molecule has 0 atom stereocenters. The molecule has 0 spiro atoms. The molecular weight excluding hydrogens is 134 g/mol. The molecular formula is C2H7NO4S. The molecule has 0 aliphatic carbocycles. The summed E-state index contributed by atoms with van der Waals surface area (Å²) in [6, 6.07) is 0. The van der Waals surface area contributed by atoms with Crippen molar-refractivity contribution in [1.29, 1.82) is 0 Å². The van der Waals surface area contributed by atoms with E-state index in [0.717, 1.165) is 0 Å². The fraction of sp³-hybridized carbons (Fsp3) is 1.00. The van der Waals surface area contributed by atoms with Crippen LogP contribution in [-0.2, 0) is 15.0 Å². The highest BCUT2D eigenvalue weighted by atomic mass is 32.2. The van der Waals surface area contributed by atoms with Crippen LogP contribution in [0.25, 0.3) is 0 Å². The largest absolute Gasteiger partial charge is 0.368 e. The number of hydrogen-bond acceptors (Lipinski definition) is 3. The molecule has 0 aromatic carbocycles. The Balaban J connectivity index is 3.42. The zero-order chi connectivity index (χ0) is 6.62. The molecule has 0 heterocycles. The van der Waals surface area contributed by atoms with Gasteiger partial charge in [-0.1, -0.05) is 0 Å². The number of hydrogen-bond donors (Lipinski definition) is 2. The number of nitrogens with one attached hydrogen (secondary N) is 1. The van der Waals surface area contributed by atoms with E-state index in [1.165, 1.54) is 7.11 Å². The number of methoxy groups -OCH3 is 1. The lowest BCUT2D eigenvalue weighted by Gasteiger charge is -1.95. The average Bonchev–Trinajstić information content (AvgIpc) is 1.59. The third-order valence-electron chi connectivity index (χ3n) is 0.386. The second-order valence-corrected chi connectivity index (χ2v) is 2.29. The maximum Gasteiger partial charge on any atom is 0.335 e. The fourth-order valence-corrected chi connectivity index (χ4v) is 0.400. The maximum absolute atomic E-state index is 9.75. The lowest BCUT2D eigenvalue weighted by Crippen LogP contribution is -2.24. The third-order valence-corrected chi connectivity index (χ3v) is 0.868. The van der Waals surface area contributed by atoms with Crippen molar-refractivity contribution in [3.63, 3.8) is 0 Å². The Bertz CT molecular complexity index is 138. The lowest BCUT2D eigenvalue weighted by atomic mass is 11.3. The summed E-state index contributed by atoms with van der Waals surface area (Å²) in [6.07, 6.45) is 0. The molecule has 6 heteroatoms. The summed E-state index contributed by atoms with van der Waals surface area (Å²) in [5.74, 6) is 0. The van der Waals surface area contributed by atoms with Crippen LogP contribution in [0.1, 0.15) is 0 Å².